The van der Waals surface area contributed by atoms with E-state index >= 15 is 0 Å². The predicted molar refractivity (Wildman–Crippen MR) is 106 cm³/mol. The van der Waals surface area contributed by atoms with Gasteiger partial charge in [0, 0.05) is 35.5 Å². The second-order valence-corrected chi connectivity index (χ2v) is 7.14. The van der Waals surface area contributed by atoms with Crippen molar-refractivity contribution < 1.29 is 14.3 Å². The Labute approximate surface area is 161 Å². The van der Waals surface area contributed by atoms with Crippen LogP contribution in [0.1, 0.15) is 10.5 Å². The molecule has 0 bridgehead atoms. The molecular formula is C21H23FN4O2. The minimum Gasteiger partial charge on any atom is -0.391 e. The summed E-state index contributed by atoms with van der Waals surface area (Å²) in [6.07, 6.45) is -0.593. The fourth-order valence-corrected chi connectivity index (χ4v) is 3.81. The number of aliphatic hydroxyl groups excluding tert-OH is 1. The fraction of sp³-hybridized carbons (Fsp3) is 0.286. The van der Waals surface area contributed by atoms with E-state index in [0.717, 1.165) is 22.0 Å². The van der Waals surface area contributed by atoms with Crippen LogP contribution in [-0.4, -0.2) is 47.8 Å². The van der Waals surface area contributed by atoms with Gasteiger partial charge in [-0.1, -0.05) is 30.3 Å². The average molecular weight is 382 g/mol. The zero-order valence-corrected chi connectivity index (χ0v) is 15.3. The number of amides is 1. The number of rotatable bonds is 5. The summed E-state index contributed by atoms with van der Waals surface area (Å²) in [6, 6.07) is 13.5. The number of hydrogen-bond acceptors (Lipinski definition) is 4. The van der Waals surface area contributed by atoms with Crippen molar-refractivity contribution in [3.05, 3.63) is 60.0 Å². The van der Waals surface area contributed by atoms with E-state index < -0.39 is 6.10 Å². The molecule has 0 radical (unpaired) electrons. The van der Waals surface area contributed by atoms with Crippen LogP contribution >= 0.6 is 0 Å². The van der Waals surface area contributed by atoms with Crippen LogP contribution in [0.25, 0.3) is 22.0 Å². The van der Waals surface area contributed by atoms with Gasteiger partial charge < -0.3 is 26.5 Å². The van der Waals surface area contributed by atoms with Gasteiger partial charge in [-0.2, -0.15) is 0 Å². The van der Waals surface area contributed by atoms with Crippen molar-refractivity contribution in [2.75, 3.05) is 19.6 Å². The average Bonchev–Trinajstić information content (AvgIpc) is 3.27. The van der Waals surface area contributed by atoms with Gasteiger partial charge in [-0.05, 0) is 30.3 Å². The number of aromatic amines is 1. The summed E-state index contributed by atoms with van der Waals surface area (Å²) in [5.74, 6) is -0.615. The third kappa shape index (κ3) is 3.40. The maximum atomic E-state index is 13.4. The van der Waals surface area contributed by atoms with Crippen molar-refractivity contribution in [3.63, 3.8) is 0 Å². The van der Waals surface area contributed by atoms with Crippen LogP contribution in [0.15, 0.2) is 48.5 Å². The normalized spacial score (nSPS) is 21.9. The number of halogens is 1. The highest BCUT2D eigenvalue weighted by Crippen LogP contribution is 2.32. The molecule has 3 aromatic rings. The van der Waals surface area contributed by atoms with Crippen LogP contribution in [0.2, 0.25) is 0 Å². The minimum absolute atomic E-state index is 0.00949. The first-order chi connectivity index (χ1) is 13.6. The Balaban J connectivity index is 1.62. The number of aromatic nitrogens is 1. The summed E-state index contributed by atoms with van der Waals surface area (Å²) in [7, 11) is 0. The molecule has 1 aliphatic rings. The number of benzene rings is 2. The van der Waals surface area contributed by atoms with Crippen molar-refractivity contribution in [3.8, 4) is 11.1 Å². The zero-order chi connectivity index (χ0) is 19.7. The summed E-state index contributed by atoms with van der Waals surface area (Å²) in [4.78, 5) is 16.1. The number of aliphatic hydroxyl groups is 1. The largest absolute Gasteiger partial charge is 0.391 e. The molecule has 6 N–H and O–H groups in total. The lowest BCUT2D eigenvalue weighted by Gasteiger charge is -2.18. The smallest absolute Gasteiger partial charge is 0.268 e. The monoisotopic (exact) mass is 382 g/mol. The third-order valence-corrected chi connectivity index (χ3v) is 5.39. The van der Waals surface area contributed by atoms with E-state index in [4.69, 9.17) is 5.73 Å². The van der Waals surface area contributed by atoms with Gasteiger partial charge >= 0.3 is 0 Å². The van der Waals surface area contributed by atoms with Gasteiger partial charge in [-0.25, -0.2) is 4.39 Å². The van der Waals surface area contributed by atoms with E-state index in [9.17, 15) is 14.3 Å². The molecular weight excluding hydrogens is 359 g/mol. The number of fused-ring (bicyclic) bond motifs is 1. The molecule has 1 amide bonds. The Morgan fingerprint density at radius 3 is 2.68 bits per heavy atom. The highest BCUT2D eigenvalue weighted by atomic mass is 19.1. The second-order valence-electron chi connectivity index (χ2n) is 7.14. The molecule has 0 spiro atoms. The molecule has 0 aliphatic carbocycles. The van der Waals surface area contributed by atoms with Gasteiger partial charge in [0.1, 0.15) is 11.5 Å². The molecule has 6 nitrogen and oxygen atoms in total. The maximum absolute atomic E-state index is 13.4. The number of carbonyl (C=O) groups is 1. The van der Waals surface area contributed by atoms with E-state index in [1.54, 1.807) is 12.1 Å². The molecule has 2 heterocycles. The van der Waals surface area contributed by atoms with Crippen LogP contribution in [0, 0.1) is 11.7 Å². The Bertz CT molecular complexity index is 986. The van der Waals surface area contributed by atoms with Crippen LogP contribution in [0.5, 0.6) is 0 Å². The Hall–Kier alpha value is -2.74. The van der Waals surface area contributed by atoms with Crippen molar-refractivity contribution in [2.45, 2.75) is 12.1 Å². The molecule has 1 fully saturated rings. The standard InChI is InChI=1S/C21H23FN4O2/c22-14-7-5-12(6-8-14)18-15-3-1-2-4-16(15)26-19(18)21(28)25-11-17-20(27)13(9-23)10-24-17/h1-8,13,17,20,24,26-27H,9-11,23H2,(H,25,28)/t13-,17+,20+/m0/s1. The summed E-state index contributed by atoms with van der Waals surface area (Å²) in [5, 5.41) is 17.2. The van der Waals surface area contributed by atoms with E-state index in [2.05, 4.69) is 15.6 Å². The Kier molecular flexibility index (Phi) is 5.13. The lowest BCUT2D eigenvalue weighted by atomic mass is 10.0. The minimum atomic E-state index is -0.593. The number of nitrogens with one attached hydrogen (secondary N) is 3. The number of hydrogen-bond donors (Lipinski definition) is 5. The quantitative estimate of drug-likeness (QED) is 0.463. The number of nitrogens with two attached hydrogens (primary N) is 1. The lowest BCUT2D eigenvalue weighted by Crippen LogP contribution is -2.43. The first kappa shape index (κ1) is 18.6. The number of para-hydroxylation sites is 1. The van der Waals surface area contributed by atoms with Crippen LogP contribution in [0.3, 0.4) is 0 Å². The van der Waals surface area contributed by atoms with Gasteiger partial charge in [0.2, 0.25) is 0 Å². The van der Waals surface area contributed by atoms with Crippen molar-refractivity contribution in [1.82, 2.24) is 15.6 Å². The van der Waals surface area contributed by atoms with Gasteiger partial charge in [0.15, 0.2) is 0 Å². The molecule has 1 aliphatic heterocycles. The van der Waals surface area contributed by atoms with Crippen LogP contribution in [0.4, 0.5) is 4.39 Å². The third-order valence-electron chi connectivity index (χ3n) is 5.39. The van der Waals surface area contributed by atoms with Crippen molar-refractivity contribution in [2.24, 2.45) is 11.7 Å². The Morgan fingerprint density at radius 1 is 1.21 bits per heavy atom. The van der Waals surface area contributed by atoms with Crippen LogP contribution in [-0.2, 0) is 0 Å². The number of H-pyrrole nitrogens is 1. The van der Waals surface area contributed by atoms with E-state index in [1.807, 2.05) is 24.3 Å². The summed E-state index contributed by atoms with van der Waals surface area (Å²) in [6.45, 7) is 1.31. The SMILES string of the molecule is NC[C@H]1CN[C@H](CNC(=O)c2[nH]c3ccccc3c2-c2ccc(F)cc2)[C@@H]1O. The Morgan fingerprint density at radius 2 is 1.96 bits per heavy atom. The molecule has 3 atom stereocenters. The van der Waals surface area contributed by atoms with Crippen molar-refractivity contribution >= 4 is 16.8 Å². The molecule has 146 valence electrons. The molecule has 2 aromatic carbocycles. The van der Waals surface area contributed by atoms with Crippen LogP contribution < -0.4 is 16.4 Å². The van der Waals surface area contributed by atoms with E-state index in [-0.39, 0.29) is 30.2 Å². The molecule has 4 rings (SSSR count). The predicted octanol–water partition coefficient (Wildman–Crippen LogP) is 1.61. The summed E-state index contributed by atoms with van der Waals surface area (Å²) in [5.41, 5.74) is 8.38. The first-order valence-electron chi connectivity index (χ1n) is 9.35. The van der Waals surface area contributed by atoms with Gasteiger partial charge in [-0.15, -0.1) is 0 Å². The van der Waals surface area contributed by atoms with E-state index in [1.165, 1.54) is 12.1 Å². The maximum Gasteiger partial charge on any atom is 0.268 e. The number of carbonyl (C=O) groups excluding carboxylic acids is 1. The lowest BCUT2D eigenvalue weighted by molar-refractivity contribution is 0.0916. The highest BCUT2D eigenvalue weighted by molar-refractivity contribution is 6.09. The highest BCUT2D eigenvalue weighted by Gasteiger charge is 2.33. The second kappa shape index (κ2) is 7.71. The van der Waals surface area contributed by atoms with Gasteiger partial charge in [0.25, 0.3) is 5.91 Å². The molecule has 1 aromatic heterocycles. The molecule has 0 unspecified atom stereocenters. The molecule has 1 saturated heterocycles. The zero-order valence-electron chi connectivity index (χ0n) is 15.3. The van der Waals surface area contributed by atoms with Crippen molar-refractivity contribution in [1.29, 1.82) is 0 Å². The van der Waals surface area contributed by atoms with Gasteiger partial charge in [-0.3, -0.25) is 4.79 Å². The van der Waals surface area contributed by atoms with E-state index in [0.29, 0.717) is 18.8 Å². The molecule has 28 heavy (non-hydrogen) atoms. The topological polar surface area (TPSA) is 103 Å². The molecule has 0 saturated carbocycles. The first-order valence-corrected chi connectivity index (χ1v) is 9.35. The summed E-state index contributed by atoms with van der Waals surface area (Å²) < 4.78 is 13.4. The van der Waals surface area contributed by atoms with Gasteiger partial charge in [0.05, 0.1) is 12.1 Å². The summed E-state index contributed by atoms with van der Waals surface area (Å²) >= 11 is 0. The molecule has 7 heteroatoms. The fourth-order valence-electron chi connectivity index (χ4n) is 3.81.